The summed E-state index contributed by atoms with van der Waals surface area (Å²) in [6.07, 6.45) is 1.63. The van der Waals surface area contributed by atoms with E-state index in [9.17, 15) is 9.59 Å². The molecule has 17 heavy (non-hydrogen) atoms. The molecule has 0 aliphatic rings. The van der Waals surface area contributed by atoms with Gasteiger partial charge < -0.3 is 15.4 Å². The molecule has 0 saturated carbocycles. The minimum Gasteiger partial charge on any atom is -0.478 e. The van der Waals surface area contributed by atoms with Crippen molar-refractivity contribution in [2.45, 2.75) is 6.92 Å². The number of halogens is 1. The predicted molar refractivity (Wildman–Crippen MR) is 64.6 cm³/mol. The van der Waals surface area contributed by atoms with Crippen molar-refractivity contribution in [3.63, 3.8) is 0 Å². The number of carboxylic acid groups (broad SMARTS) is 1. The molecule has 0 radical (unpaired) electrons. The van der Waals surface area contributed by atoms with Gasteiger partial charge in [-0.05, 0) is 12.1 Å². The van der Waals surface area contributed by atoms with E-state index in [1.807, 2.05) is 0 Å². The molecule has 1 heterocycles. The average Bonchev–Trinajstić information content (AvgIpc) is 2.70. The highest BCUT2D eigenvalue weighted by Gasteiger charge is 2.16. The highest BCUT2D eigenvalue weighted by molar-refractivity contribution is 6.39. The first kappa shape index (κ1) is 11.5. The van der Waals surface area contributed by atoms with E-state index in [1.165, 1.54) is 13.0 Å². The van der Waals surface area contributed by atoms with Crippen LogP contribution < -0.4 is 5.32 Å². The zero-order valence-electron chi connectivity index (χ0n) is 8.87. The van der Waals surface area contributed by atoms with Crippen molar-refractivity contribution in [1.29, 1.82) is 0 Å². The van der Waals surface area contributed by atoms with E-state index in [2.05, 4.69) is 10.3 Å². The van der Waals surface area contributed by atoms with Crippen molar-refractivity contribution in [3.8, 4) is 0 Å². The lowest BCUT2D eigenvalue weighted by Gasteiger charge is -2.08. The second kappa shape index (κ2) is 4.10. The number of benzene rings is 1. The Morgan fingerprint density at radius 3 is 2.76 bits per heavy atom. The molecule has 0 aliphatic carbocycles. The second-order valence-electron chi connectivity index (χ2n) is 3.54. The summed E-state index contributed by atoms with van der Waals surface area (Å²) in [5.41, 5.74) is 0.969. The lowest BCUT2D eigenvalue weighted by Crippen LogP contribution is -2.08. The van der Waals surface area contributed by atoms with E-state index >= 15 is 0 Å². The van der Waals surface area contributed by atoms with Gasteiger partial charge in [-0.25, -0.2) is 4.79 Å². The minimum absolute atomic E-state index is 0.0393. The number of fused-ring (bicyclic) bond motifs is 1. The van der Waals surface area contributed by atoms with Gasteiger partial charge in [0.15, 0.2) is 0 Å². The summed E-state index contributed by atoms with van der Waals surface area (Å²) in [7, 11) is 0. The molecule has 1 amide bonds. The van der Waals surface area contributed by atoms with E-state index in [1.54, 1.807) is 12.3 Å². The summed E-state index contributed by atoms with van der Waals surface area (Å²) in [5, 5.41) is 12.3. The Bertz CT molecular complexity index is 618. The maximum atomic E-state index is 11.0. The van der Waals surface area contributed by atoms with Crippen LogP contribution in [0, 0.1) is 0 Å². The number of carboxylic acids is 1. The molecule has 0 saturated heterocycles. The normalized spacial score (nSPS) is 10.5. The van der Waals surface area contributed by atoms with Gasteiger partial charge in [0.2, 0.25) is 5.91 Å². The summed E-state index contributed by atoms with van der Waals surface area (Å²) in [6.45, 7) is 1.35. The number of aromatic nitrogens is 1. The molecule has 2 aromatic rings. The summed E-state index contributed by atoms with van der Waals surface area (Å²) >= 11 is 5.97. The van der Waals surface area contributed by atoms with Gasteiger partial charge in [0.25, 0.3) is 0 Å². The third-order valence-electron chi connectivity index (χ3n) is 2.32. The van der Waals surface area contributed by atoms with E-state index in [0.29, 0.717) is 16.6 Å². The minimum atomic E-state index is -1.13. The van der Waals surface area contributed by atoms with Crippen LogP contribution in [-0.2, 0) is 4.79 Å². The molecule has 5 nitrogen and oxygen atoms in total. The zero-order valence-corrected chi connectivity index (χ0v) is 9.63. The molecule has 1 aromatic heterocycles. The summed E-state index contributed by atoms with van der Waals surface area (Å²) < 4.78 is 0. The monoisotopic (exact) mass is 252 g/mol. The van der Waals surface area contributed by atoms with E-state index in [-0.39, 0.29) is 16.5 Å². The molecule has 2 rings (SSSR count). The largest absolute Gasteiger partial charge is 0.478 e. The fraction of sp³-hybridized carbons (Fsp3) is 0.0909. The molecule has 0 spiro atoms. The molecule has 88 valence electrons. The van der Waals surface area contributed by atoms with Crippen LogP contribution >= 0.6 is 11.6 Å². The smallest absolute Gasteiger partial charge is 0.337 e. The van der Waals surface area contributed by atoms with Gasteiger partial charge >= 0.3 is 5.97 Å². The van der Waals surface area contributed by atoms with Gasteiger partial charge in [0.05, 0.1) is 21.8 Å². The molecule has 6 heteroatoms. The van der Waals surface area contributed by atoms with Gasteiger partial charge in [0, 0.05) is 18.5 Å². The third-order valence-corrected chi connectivity index (χ3v) is 2.73. The first-order chi connectivity index (χ1) is 8.00. The molecule has 0 unspecified atom stereocenters. The number of anilines is 1. The van der Waals surface area contributed by atoms with Crippen molar-refractivity contribution in [1.82, 2.24) is 4.98 Å². The van der Waals surface area contributed by atoms with Gasteiger partial charge in [-0.3, -0.25) is 4.79 Å². The average molecular weight is 253 g/mol. The molecule has 0 aliphatic heterocycles. The van der Waals surface area contributed by atoms with Crippen LogP contribution in [0.3, 0.4) is 0 Å². The first-order valence-electron chi connectivity index (χ1n) is 4.81. The highest BCUT2D eigenvalue weighted by atomic mass is 35.5. The zero-order chi connectivity index (χ0) is 12.6. The van der Waals surface area contributed by atoms with Crippen molar-refractivity contribution < 1.29 is 14.7 Å². The van der Waals surface area contributed by atoms with Gasteiger partial charge in [-0.2, -0.15) is 0 Å². The topological polar surface area (TPSA) is 82.2 Å². The summed E-state index contributed by atoms with van der Waals surface area (Å²) in [5.74, 6) is -1.41. The number of carbonyl (C=O) groups excluding carboxylic acids is 1. The number of aromatic carboxylic acids is 1. The van der Waals surface area contributed by atoms with Crippen molar-refractivity contribution in [3.05, 3.63) is 28.9 Å². The van der Waals surface area contributed by atoms with Crippen LogP contribution in [0.15, 0.2) is 18.3 Å². The third kappa shape index (κ3) is 1.97. The van der Waals surface area contributed by atoms with Crippen molar-refractivity contribution >= 4 is 40.1 Å². The number of rotatable bonds is 2. The molecule has 0 bridgehead atoms. The fourth-order valence-corrected chi connectivity index (χ4v) is 1.94. The van der Waals surface area contributed by atoms with Crippen LogP contribution in [0.5, 0.6) is 0 Å². The van der Waals surface area contributed by atoms with Gasteiger partial charge in [0.1, 0.15) is 0 Å². The van der Waals surface area contributed by atoms with Crippen molar-refractivity contribution in [2.24, 2.45) is 0 Å². The molecule has 0 fully saturated rings. The Labute approximate surface area is 101 Å². The Kier molecular flexibility index (Phi) is 2.77. The number of hydrogen-bond acceptors (Lipinski definition) is 2. The maximum Gasteiger partial charge on any atom is 0.337 e. The maximum absolute atomic E-state index is 11.0. The van der Waals surface area contributed by atoms with Crippen LogP contribution in [0.25, 0.3) is 10.9 Å². The molecule has 3 N–H and O–H groups in total. The number of amides is 1. The van der Waals surface area contributed by atoms with E-state index in [4.69, 9.17) is 16.7 Å². The molecular formula is C11H9ClN2O3. The van der Waals surface area contributed by atoms with Crippen LogP contribution in [-0.4, -0.2) is 22.0 Å². The Balaban J connectivity index is 2.73. The lowest BCUT2D eigenvalue weighted by atomic mass is 10.1. The number of nitrogens with one attached hydrogen (secondary N) is 2. The van der Waals surface area contributed by atoms with Gasteiger partial charge in [-0.1, -0.05) is 11.6 Å². The SMILES string of the molecule is CC(=O)Nc1cc(C(=O)O)c(Cl)c2cc[nH]c12. The van der Waals surface area contributed by atoms with E-state index < -0.39 is 5.97 Å². The number of H-pyrrole nitrogens is 1. The number of carbonyl (C=O) groups is 2. The fourth-order valence-electron chi connectivity index (χ4n) is 1.64. The Morgan fingerprint density at radius 2 is 2.18 bits per heavy atom. The highest BCUT2D eigenvalue weighted by Crippen LogP contribution is 2.32. The van der Waals surface area contributed by atoms with Crippen LogP contribution in [0.1, 0.15) is 17.3 Å². The Hall–Kier alpha value is -2.01. The first-order valence-corrected chi connectivity index (χ1v) is 5.19. The van der Waals surface area contributed by atoms with E-state index in [0.717, 1.165) is 0 Å². The molecule has 0 atom stereocenters. The number of aromatic amines is 1. The van der Waals surface area contributed by atoms with Crippen molar-refractivity contribution in [2.75, 3.05) is 5.32 Å². The standard InChI is InChI=1S/C11H9ClN2O3/c1-5(15)14-8-4-7(11(16)17)9(12)6-2-3-13-10(6)8/h2-4,13H,1H3,(H,14,15)(H,16,17). The lowest BCUT2D eigenvalue weighted by molar-refractivity contribution is -0.114. The predicted octanol–water partition coefficient (Wildman–Crippen LogP) is 2.48. The summed E-state index contributed by atoms with van der Waals surface area (Å²) in [4.78, 5) is 25.0. The van der Waals surface area contributed by atoms with Gasteiger partial charge in [-0.15, -0.1) is 0 Å². The summed E-state index contributed by atoms with van der Waals surface area (Å²) in [6, 6.07) is 3.00. The molecular weight excluding hydrogens is 244 g/mol. The quantitative estimate of drug-likeness (QED) is 0.768. The Morgan fingerprint density at radius 1 is 1.47 bits per heavy atom. The second-order valence-corrected chi connectivity index (χ2v) is 3.92. The van der Waals surface area contributed by atoms with Crippen LogP contribution in [0.4, 0.5) is 5.69 Å². The number of hydrogen-bond donors (Lipinski definition) is 3. The van der Waals surface area contributed by atoms with Crippen LogP contribution in [0.2, 0.25) is 5.02 Å². The molecule has 1 aromatic carbocycles.